The van der Waals surface area contributed by atoms with Crippen molar-refractivity contribution in [1.82, 2.24) is 0 Å². The Morgan fingerprint density at radius 2 is 1.50 bits per heavy atom. The number of benzene rings is 3. The number of hydrogen-bond donors (Lipinski definition) is 2. The van der Waals surface area contributed by atoms with Crippen LogP contribution in [0.3, 0.4) is 0 Å². The topological polar surface area (TPSA) is 52.0 Å². The van der Waals surface area contributed by atoms with E-state index in [0.29, 0.717) is 0 Å². The smallest absolute Gasteiger partial charge is 0.0474 e. The van der Waals surface area contributed by atoms with Gasteiger partial charge in [-0.1, -0.05) is 55.0 Å². The van der Waals surface area contributed by atoms with Crippen LogP contribution in [0.2, 0.25) is 0 Å². The number of anilines is 2. The third kappa shape index (κ3) is 2.03. The van der Waals surface area contributed by atoms with Crippen molar-refractivity contribution in [2.24, 2.45) is 0 Å². The summed E-state index contributed by atoms with van der Waals surface area (Å²) < 4.78 is 0. The molecule has 2 heteroatoms. The Kier molecular flexibility index (Phi) is 3.04. The summed E-state index contributed by atoms with van der Waals surface area (Å²) >= 11 is 0. The highest BCUT2D eigenvalue weighted by molar-refractivity contribution is 6.06. The average Bonchev–Trinajstić information content (AvgIpc) is 2.50. The van der Waals surface area contributed by atoms with Crippen LogP contribution >= 0.6 is 0 Å². The first kappa shape index (κ1) is 13.2. The van der Waals surface area contributed by atoms with E-state index in [1.165, 1.54) is 24.8 Å². The van der Waals surface area contributed by atoms with E-state index in [-0.39, 0.29) is 0 Å². The van der Waals surface area contributed by atoms with Gasteiger partial charge < -0.3 is 11.5 Å². The molecule has 0 heterocycles. The maximum atomic E-state index is 6.40. The van der Waals surface area contributed by atoms with Gasteiger partial charge in [0.05, 0.1) is 0 Å². The molecule has 0 atom stereocenters. The molecule has 3 aromatic carbocycles. The average molecular weight is 288 g/mol. The fourth-order valence-electron chi connectivity index (χ4n) is 3.34. The van der Waals surface area contributed by atoms with Gasteiger partial charge in [0, 0.05) is 27.7 Å². The van der Waals surface area contributed by atoms with Crippen LogP contribution in [0.15, 0.2) is 54.6 Å². The summed E-state index contributed by atoms with van der Waals surface area (Å²) in [5.41, 5.74) is 17.8. The van der Waals surface area contributed by atoms with Gasteiger partial charge in [0.15, 0.2) is 0 Å². The predicted molar refractivity (Wildman–Crippen MR) is 94.8 cm³/mol. The molecule has 0 spiro atoms. The Morgan fingerprint density at radius 1 is 0.818 bits per heavy atom. The summed E-state index contributed by atoms with van der Waals surface area (Å²) in [6, 6.07) is 18.9. The monoisotopic (exact) mass is 288 g/mol. The van der Waals surface area contributed by atoms with Crippen LogP contribution in [0.1, 0.15) is 30.7 Å². The van der Waals surface area contributed by atoms with Crippen molar-refractivity contribution >= 4 is 22.1 Å². The second-order valence-electron chi connectivity index (χ2n) is 6.22. The van der Waals surface area contributed by atoms with Crippen LogP contribution in [0.5, 0.6) is 0 Å². The second-order valence-corrected chi connectivity index (χ2v) is 6.22. The zero-order valence-electron chi connectivity index (χ0n) is 12.5. The third-order valence-corrected chi connectivity index (χ3v) is 4.92. The minimum absolute atomic E-state index is 0.757. The van der Waals surface area contributed by atoms with Crippen molar-refractivity contribution < 1.29 is 0 Å². The molecule has 0 radical (unpaired) electrons. The molecule has 1 saturated carbocycles. The van der Waals surface area contributed by atoms with Crippen LogP contribution in [0.25, 0.3) is 21.9 Å². The summed E-state index contributed by atoms with van der Waals surface area (Å²) in [7, 11) is 0. The molecule has 0 bridgehead atoms. The number of nitrogen functional groups attached to an aromatic ring is 2. The minimum Gasteiger partial charge on any atom is -0.398 e. The van der Waals surface area contributed by atoms with Crippen molar-refractivity contribution in [3.8, 4) is 11.1 Å². The van der Waals surface area contributed by atoms with Crippen LogP contribution in [0, 0.1) is 0 Å². The SMILES string of the molecule is Nc1cc(-c2ccc(C3CCC3)cc2)c(N)c2ccccc12. The summed E-state index contributed by atoms with van der Waals surface area (Å²) in [6.07, 6.45) is 4.01. The molecule has 0 amide bonds. The fourth-order valence-corrected chi connectivity index (χ4v) is 3.34. The molecule has 2 nitrogen and oxygen atoms in total. The first-order valence-corrected chi connectivity index (χ1v) is 7.91. The molecule has 0 saturated heterocycles. The number of nitrogens with two attached hydrogens (primary N) is 2. The molecule has 1 aliphatic rings. The molecule has 1 aliphatic carbocycles. The molecule has 22 heavy (non-hydrogen) atoms. The lowest BCUT2D eigenvalue weighted by Crippen LogP contribution is -2.08. The molecule has 4 N–H and O–H groups in total. The maximum Gasteiger partial charge on any atom is 0.0474 e. The van der Waals surface area contributed by atoms with Gasteiger partial charge in [-0.05, 0) is 36.0 Å². The molecule has 4 rings (SSSR count). The molecule has 0 aromatic heterocycles. The van der Waals surface area contributed by atoms with Crippen LogP contribution in [-0.4, -0.2) is 0 Å². The van der Waals surface area contributed by atoms with E-state index in [0.717, 1.165) is 39.2 Å². The maximum absolute atomic E-state index is 6.40. The number of rotatable bonds is 2. The van der Waals surface area contributed by atoms with E-state index >= 15 is 0 Å². The van der Waals surface area contributed by atoms with Crippen molar-refractivity contribution in [1.29, 1.82) is 0 Å². The van der Waals surface area contributed by atoms with Gasteiger partial charge in [0.2, 0.25) is 0 Å². The molecular weight excluding hydrogens is 268 g/mol. The van der Waals surface area contributed by atoms with E-state index < -0.39 is 0 Å². The van der Waals surface area contributed by atoms with Gasteiger partial charge in [0.25, 0.3) is 0 Å². The zero-order valence-corrected chi connectivity index (χ0v) is 12.5. The molecule has 0 aliphatic heterocycles. The third-order valence-electron chi connectivity index (χ3n) is 4.92. The van der Waals surface area contributed by atoms with E-state index in [4.69, 9.17) is 11.5 Å². The predicted octanol–water partition coefficient (Wildman–Crippen LogP) is 4.94. The Labute approximate surface area is 130 Å². The molecular formula is C20H20N2. The summed E-state index contributed by atoms with van der Waals surface area (Å²) in [4.78, 5) is 0. The van der Waals surface area contributed by atoms with Crippen LogP contribution in [-0.2, 0) is 0 Å². The number of fused-ring (bicyclic) bond motifs is 1. The highest BCUT2D eigenvalue weighted by Crippen LogP contribution is 2.39. The van der Waals surface area contributed by atoms with Gasteiger partial charge in [-0.15, -0.1) is 0 Å². The summed E-state index contributed by atoms with van der Waals surface area (Å²) in [5, 5.41) is 2.05. The highest BCUT2D eigenvalue weighted by atomic mass is 14.6. The van der Waals surface area contributed by atoms with Gasteiger partial charge in [-0.3, -0.25) is 0 Å². The van der Waals surface area contributed by atoms with Gasteiger partial charge in [0.1, 0.15) is 0 Å². The van der Waals surface area contributed by atoms with Gasteiger partial charge >= 0.3 is 0 Å². The van der Waals surface area contributed by atoms with Gasteiger partial charge in [-0.2, -0.15) is 0 Å². The molecule has 1 fully saturated rings. The number of hydrogen-bond acceptors (Lipinski definition) is 2. The van der Waals surface area contributed by atoms with Crippen molar-refractivity contribution in [3.63, 3.8) is 0 Å². The second kappa shape index (κ2) is 5.06. The highest BCUT2D eigenvalue weighted by Gasteiger charge is 2.19. The fraction of sp³-hybridized carbons (Fsp3) is 0.200. The largest absolute Gasteiger partial charge is 0.398 e. The van der Waals surface area contributed by atoms with Crippen LogP contribution < -0.4 is 11.5 Å². The van der Waals surface area contributed by atoms with E-state index in [9.17, 15) is 0 Å². The first-order valence-electron chi connectivity index (χ1n) is 7.91. The molecule has 3 aromatic rings. The minimum atomic E-state index is 0.757. The molecule has 110 valence electrons. The van der Waals surface area contributed by atoms with E-state index in [1.807, 2.05) is 30.3 Å². The Balaban J connectivity index is 1.81. The van der Waals surface area contributed by atoms with Crippen molar-refractivity contribution in [3.05, 3.63) is 60.2 Å². The summed E-state index contributed by atoms with van der Waals surface area (Å²) in [5.74, 6) is 0.757. The van der Waals surface area contributed by atoms with E-state index in [1.54, 1.807) is 0 Å². The lowest BCUT2D eigenvalue weighted by Gasteiger charge is -2.26. The van der Waals surface area contributed by atoms with Crippen molar-refractivity contribution in [2.75, 3.05) is 11.5 Å². The Morgan fingerprint density at radius 3 is 2.14 bits per heavy atom. The lowest BCUT2D eigenvalue weighted by molar-refractivity contribution is 0.420. The van der Waals surface area contributed by atoms with E-state index in [2.05, 4.69) is 24.3 Å². The lowest BCUT2D eigenvalue weighted by atomic mass is 9.80. The first-order chi connectivity index (χ1) is 10.7. The van der Waals surface area contributed by atoms with Gasteiger partial charge in [-0.25, -0.2) is 0 Å². The van der Waals surface area contributed by atoms with Crippen LogP contribution in [0.4, 0.5) is 11.4 Å². The normalized spacial score (nSPS) is 14.9. The van der Waals surface area contributed by atoms with Crippen molar-refractivity contribution in [2.45, 2.75) is 25.2 Å². The molecule has 0 unspecified atom stereocenters. The Bertz CT molecular complexity index is 830. The Hall–Kier alpha value is -2.48. The zero-order chi connectivity index (χ0) is 15.1. The standard InChI is InChI=1S/C20H20N2/c21-19-12-18(20(22)17-7-2-1-6-16(17)19)15-10-8-14(9-11-15)13-4-3-5-13/h1-2,6-13H,3-5,21-22H2. The summed E-state index contributed by atoms with van der Waals surface area (Å²) in [6.45, 7) is 0. The quantitative estimate of drug-likeness (QED) is 0.656.